The van der Waals surface area contributed by atoms with Crippen LogP contribution in [0, 0.1) is 23.7 Å². The van der Waals surface area contributed by atoms with Gasteiger partial charge in [-0.25, -0.2) is 0 Å². The summed E-state index contributed by atoms with van der Waals surface area (Å²) in [5.41, 5.74) is 4.09. The van der Waals surface area contributed by atoms with Crippen molar-refractivity contribution in [3.63, 3.8) is 0 Å². The normalized spacial score (nSPS) is 17.1. The van der Waals surface area contributed by atoms with Gasteiger partial charge in [-0.1, -0.05) is 42.3 Å². The fourth-order valence-electron chi connectivity index (χ4n) is 3.44. The molecule has 0 amide bonds. The number of nitrogens with zero attached hydrogens (tertiary/aromatic N) is 2. The Morgan fingerprint density at radius 3 is 2.67 bits per heavy atom. The maximum atomic E-state index is 10.6. The molecule has 1 N–H and O–H groups in total. The van der Waals surface area contributed by atoms with Gasteiger partial charge in [0, 0.05) is 12.6 Å². The number of terminal acetylenes is 1. The summed E-state index contributed by atoms with van der Waals surface area (Å²) in [7, 11) is 0. The number of nitriles is 1. The van der Waals surface area contributed by atoms with E-state index in [1.807, 2.05) is 0 Å². The minimum atomic E-state index is -0.626. The van der Waals surface area contributed by atoms with Crippen molar-refractivity contribution >= 4 is 0 Å². The van der Waals surface area contributed by atoms with Crippen molar-refractivity contribution in [1.82, 2.24) is 4.90 Å². The molecule has 0 heterocycles. The maximum Gasteiger partial charge on any atom is 0.0991 e. The molecule has 0 spiro atoms. The van der Waals surface area contributed by atoms with Crippen molar-refractivity contribution in [3.05, 3.63) is 70.8 Å². The molecule has 0 fully saturated rings. The van der Waals surface area contributed by atoms with Gasteiger partial charge >= 0.3 is 0 Å². The quantitative estimate of drug-likeness (QED) is 0.862. The van der Waals surface area contributed by atoms with Gasteiger partial charge in [0.1, 0.15) is 0 Å². The molecule has 0 aliphatic heterocycles. The van der Waals surface area contributed by atoms with E-state index in [1.54, 1.807) is 24.3 Å². The monoisotopic (exact) mass is 316 g/mol. The number of fused-ring (bicyclic) bond motifs is 1. The standard InChI is InChI=1S/C21H20N2O/c1-2-13-23(20-12-11-17-5-3-4-6-19(17)20)15-21(24)18-9-7-16(14-22)8-10-18/h1,3-10,20-21,24H,11-13,15H2. The first kappa shape index (κ1) is 16.3. The van der Waals surface area contributed by atoms with Crippen molar-refractivity contribution in [2.45, 2.75) is 25.0 Å². The second kappa shape index (κ2) is 7.32. The number of rotatable bonds is 5. The van der Waals surface area contributed by atoms with Crippen LogP contribution in [0.2, 0.25) is 0 Å². The van der Waals surface area contributed by atoms with E-state index in [9.17, 15) is 5.11 Å². The maximum absolute atomic E-state index is 10.6. The zero-order valence-electron chi connectivity index (χ0n) is 13.5. The summed E-state index contributed by atoms with van der Waals surface area (Å²) in [5.74, 6) is 2.72. The highest BCUT2D eigenvalue weighted by Crippen LogP contribution is 2.36. The lowest BCUT2D eigenvalue weighted by Crippen LogP contribution is -2.32. The van der Waals surface area contributed by atoms with Gasteiger partial charge in [0.15, 0.2) is 0 Å². The first-order valence-electron chi connectivity index (χ1n) is 8.16. The third-order valence-electron chi connectivity index (χ3n) is 4.67. The van der Waals surface area contributed by atoms with E-state index in [-0.39, 0.29) is 6.04 Å². The summed E-state index contributed by atoms with van der Waals surface area (Å²) in [4.78, 5) is 2.18. The second-order valence-electron chi connectivity index (χ2n) is 6.14. The average Bonchev–Trinajstić information content (AvgIpc) is 3.05. The van der Waals surface area contributed by atoms with Crippen LogP contribution >= 0.6 is 0 Å². The van der Waals surface area contributed by atoms with Crippen LogP contribution in [0.1, 0.15) is 40.8 Å². The van der Waals surface area contributed by atoms with Crippen molar-refractivity contribution in [2.75, 3.05) is 13.1 Å². The van der Waals surface area contributed by atoms with E-state index in [0.29, 0.717) is 18.7 Å². The topological polar surface area (TPSA) is 47.3 Å². The molecule has 3 rings (SSSR count). The van der Waals surface area contributed by atoms with Crippen molar-refractivity contribution in [1.29, 1.82) is 5.26 Å². The zero-order valence-corrected chi connectivity index (χ0v) is 13.5. The number of aryl methyl sites for hydroxylation is 1. The molecule has 1 aliphatic rings. The largest absolute Gasteiger partial charge is 0.387 e. The van der Waals surface area contributed by atoms with Crippen LogP contribution in [0.4, 0.5) is 0 Å². The van der Waals surface area contributed by atoms with Crippen LogP contribution in [0.5, 0.6) is 0 Å². The lowest BCUT2D eigenvalue weighted by molar-refractivity contribution is 0.0957. The molecule has 0 radical (unpaired) electrons. The molecule has 0 saturated carbocycles. The molecule has 24 heavy (non-hydrogen) atoms. The van der Waals surface area contributed by atoms with Gasteiger partial charge in [-0.2, -0.15) is 5.26 Å². The summed E-state index contributed by atoms with van der Waals surface area (Å²) in [6.45, 7) is 0.988. The number of aliphatic hydroxyl groups is 1. The average molecular weight is 316 g/mol. The molecule has 2 unspecified atom stereocenters. The predicted octanol–water partition coefficient (Wildman–Crippen LogP) is 3.21. The fourth-order valence-corrected chi connectivity index (χ4v) is 3.44. The lowest BCUT2D eigenvalue weighted by atomic mass is 10.0. The summed E-state index contributed by atoms with van der Waals surface area (Å²) in [6, 6.07) is 17.9. The van der Waals surface area contributed by atoms with Crippen LogP contribution in [0.25, 0.3) is 0 Å². The van der Waals surface area contributed by atoms with Crippen molar-refractivity contribution in [2.24, 2.45) is 0 Å². The Morgan fingerprint density at radius 2 is 1.96 bits per heavy atom. The highest BCUT2D eigenvalue weighted by atomic mass is 16.3. The summed E-state index contributed by atoms with van der Waals surface area (Å²) < 4.78 is 0. The first-order chi connectivity index (χ1) is 11.7. The van der Waals surface area contributed by atoms with E-state index >= 15 is 0 Å². The Bertz CT molecular complexity index is 783. The van der Waals surface area contributed by atoms with Gasteiger partial charge in [0.25, 0.3) is 0 Å². The molecule has 0 aromatic heterocycles. The van der Waals surface area contributed by atoms with Gasteiger partial charge in [-0.15, -0.1) is 6.42 Å². The van der Waals surface area contributed by atoms with Gasteiger partial charge in [0.2, 0.25) is 0 Å². The minimum Gasteiger partial charge on any atom is -0.387 e. The van der Waals surface area contributed by atoms with Crippen molar-refractivity contribution in [3.8, 4) is 18.4 Å². The Balaban J connectivity index is 1.77. The minimum absolute atomic E-state index is 0.255. The fraction of sp³-hybridized carbons (Fsp3) is 0.286. The van der Waals surface area contributed by atoms with Gasteiger partial charge in [-0.3, -0.25) is 4.90 Å². The highest BCUT2D eigenvalue weighted by molar-refractivity contribution is 5.35. The smallest absolute Gasteiger partial charge is 0.0991 e. The van der Waals surface area contributed by atoms with E-state index in [1.165, 1.54) is 11.1 Å². The highest BCUT2D eigenvalue weighted by Gasteiger charge is 2.28. The molecule has 2 aromatic carbocycles. The number of hydrogen-bond acceptors (Lipinski definition) is 3. The Kier molecular flexibility index (Phi) is 4.96. The lowest BCUT2D eigenvalue weighted by Gasteiger charge is -2.30. The molecule has 2 atom stereocenters. The zero-order chi connectivity index (χ0) is 16.9. The van der Waals surface area contributed by atoms with Crippen LogP contribution in [-0.2, 0) is 6.42 Å². The van der Waals surface area contributed by atoms with E-state index in [4.69, 9.17) is 11.7 Å². The molecule has 3 heteroatoms. The van der Waals surface area contributed by atoms with E-state index < -0.39 is 6.10 Å². The summed E-state index contributed by atoms with van der Waals surface area (Å²) in [5, 5.41) is 19.5. The molecule has 120 valence electrons. The van der Waals surface area contributed by atoms with Gasteiger partial charge in [-0.05, 0) is 41.7 Å². The van der Waals surface area contributed by atoms with Gasteiger partial charge in [0.05, 0.1) is 24.3 Å². The van der Waals surface area contributed by atoms with E-state index in [2.05, 4.69) is 41.2 Å². The number of benzene rings is 2. The van der Waals surface area contributed by atoms with Crippen LogP contribution in [-0.4, -0.2) is 23.1 Å². The molecular formula is C21H20N2O. The molecule has 0 saturated heterocycles. The van der Waals surface area contributed by atoms with Gasteiger partial charge < -0.3 is 5.11 Å². The third-order valence-corrected chi connectivity index (χ3v) is 4.67. The molecule has 0 bridgehead atoms. The van der Waals surface area contributed by atoms with Crippen LogP contribution in [0.15, 0.2) is 48.5 Å². The molecular weight excluding hydrogens is 296 g/mol. The van der Waals surface area contributed by atoms with Crippen molar-refractivity contribution < 1.29 is 5.11 Å². The third kappa shape index (κ3) is 3.34. The summed E-state index contributed by atoms with van der Waals surface area (Å²) >= 11 is 0. The molecule has 3 nitrogen and oxygen atoms in total. The van der Waals surface area contributed by atoms with Crippen LogP contribution in [0.3, 0.4) is 0 Å². The van der Waals surface area contributed by atoms with E-state index in [0.717, 1.165) is 18.4 Å². The molecule has 1 aliphatic carbocycles. The van der Waals surface area contributed by atoms with Crippen LogP contribution < -0.4 is 0 Å². The predicted molar refractivity (Wildman–Crippen MR) is 94.0 cm³/mol. The first-order valence-corrected chi connectivity index (χ1v) is 8.16. The summed E-state index contributed by atoms with van der Waals surface area (Å²) in [6.07, 6.45) is 7.01. The Labute approximate surface area is 143 Å². The Morgan fingerprint density at radius 1 is 1.21 bits per heavy atom. The Hall–Kier alpha value is -2.59. The number of aliphatic hydroxyl groups excluding tert-OH is 1. The number of hydrogen-bond donors (Lipinski definition) is 1. The molecule has 2 aromatic rings. The SMILES string of the molecule is C#CCN(CC(O)c1ccc(C#N)cc1)C1CCc2ccccc21. The second-order valence-corrected chi connectivity index (χ2v) is 6.14.